The number of aromatic nitrogens is 3. The van der Waals surface area contributed by atoms with Crippen LogP contribution in [-0.4, -0.2) is 21.3 Å². The molecule has 0 unspecified atom stereocenters. The molecule has 7 nitrogen and oxygen atoms in total. The number of benzene rings is 2. The molecule has 1 aliphatic heterocycles. The van der Waals surface area contributed by atoms with E-state index in [1.165, 1.54) is 11.0 Å². The summed E-state index contributed by atoms with van der Waals surface area (Å²) in [6.07, 6.45) is -4.52. The van der Waals surface area contributed by atoms with Crippen LogP contribution < -0.4 is 10.2 Å². The Hall–Kier alpha value is -4.31. The molecule has 178 valence electrons. The van der Waals surface area contributed by atoms with Gasteiger partial charge < -0.3 is 5.32 Å². The van der Waals surface area contributed by atoms with Crippen molar-refractivity contribution in [2.45, 2.75) is 33.0 Å². The number of halogens is 3. The fourth-order valence-electron chi connectivity index (χ4n) is 3.90. The van der Waals surface area contributed by atoms with Crippen LogP contribution in [0.1, 0.15) is 43.5 Å². The summed E-state index contributed by atoms with van der Waals surface area (Å²) in [5, 5.41) is 16.9. The monoisotopic (exact) mass is 477 g/mol. The summed E-state index contributed by atoms with van der Waals surface area (Å²) in [5.41, 5.74) is 1.34. The van der Waals surface area contributed by atoms with Gasteiger partial charge in [0.05, 0.1) is 23.8 Å². The van der Waals surface area contributed by atoms with Crippen molar-refractivity contribution in [1.82, 2.24) is 14.8 Å². The standard InChI is InChI=1S/C25H22F3N7/c1-15(2)14-31-23-32-24-34(20-7-5-6-19(12-20)25(26,27)28)16(3)21(30-4)22(35(24)33-23)18-10-8-17(13-29)9-11-18/h5-12,15,22H,14H2,1-3H3,(H,31,33)/t22-/m1/s1. The van der Waals surface area contributed by atoms with Crippen molar-refractivity contribution < 1.29 is 13.2 Å². The van der Waals surface area contributed by atoms with Crippen LogP contribution in [0.2, 0.25) is 0 Å². The zero-order valence-electron chi connectivity index (χ0n) is 19.3. The van der Waals surface area contributed by atoms with Crippen molar-refractivity contribution in [1.29, 1.82) is 5.26 Å². The largest absolute Gasteiger partial charge is 0.416 e. The van der Waals surface area contributed by atoms with Crippen molar-refractivity contribution >= 4 is 17.6 Å². The van der Waals surface area contributed by atoms with Crippen LogP contribution in [0.3, 0.4) is 0 Å². The van der Waals surface area contributed by atoms with Crippen molar-refractivity contribution in [3.63, 3.8) is 0 Å². The van der Waals surface area contributed by atoms with E-state index in [2.05, 4.69) is 26.3 Å². The highest BCUT2D eigenvalue weighted by atomic mass is 19.4. The lowest BCUT2D eigenvalue weighted by molar-refractivity contribution is -0.137. The molecule has 0 amide bonds. The molecule has 0 fully saturated rings. The molecule has 3 aromatic rings. The molecule has 4 rings (SSSR count). The highest BCUT2D eigenvalue weighted by Crippen LogP contribution is 2.44. The molecule has 2 heterocycles. The lowest BCUT2D eigenvalue weighted by Gasteiger charge is -2.34. The van der Waals surface area contributed by atoms with E-state index < -0.39 is 17.8 Å². The lowest BCUT2D eigenvalue weighted by Crippen LogP contribution is -2.30. The molecular formula is C25H22F3N7. The Kier molecular flexibility index (Phi) is 6.23. The Bertz CT molecular complexity index is 1360. The maximum atomic E-state index is 13.5. The summed E-state index contributed by atoms with van der Waals surface area (Å²) in [6, 6.07) is 13.1. The van der Waals surface area contributed by atoms with Crippen molar-refractivity contribution in [3.8, 4) is 6.07 Å². The van der Waals surface area contributed by atoms with Crippen LogP contribution in [0.5, 0.6) is 0 Å². The molecular weight excluding hydrogens is 455 g/mol. The van der Waals surface area contributed by atoms with E-state index in [4.69, 9.17) is 11.8 Å². The van der Waals surface area contributed by atoms with Gasteiger partial charge in [-0.25, -0.2) is 9.53 Å². The van der Waals surface area contributed by atoms with E-state index in [0.29, 0.717) is 40.9 Å². The highest BCUT2D eigenvalue weighted by Gasteiger charge is 2.37. The summed E-state index contributed by atoms with van der Waals surface area (Å²) in [6.45, 7) is 14.2. The number of allylic oxidation sites excluding steroid dienone is 2. The van der Waals surface area contributed by atoms with Gasteiger partial charge in [-0.1, -0.05) is 32.0 Å². The second-order valence-corrected chi connectivity index (χ2v) is 8.56. The summed E-state index contributed by atoms with van der Waals surface area (Å²) in [5.74, 6) is 0.904. The Morgan fingerprint density at radius 2 is 1.91 bits per heavy atom. The van der Waals surface area contributed by atoms with Gasteiger partial charge in [0.2, 0.25) is 17.6 Å². The Labute approximate surface area is 200 Å². The van der Waals surface area contributed by atoms with Gasteiger partial charge >= 0.3 is 6.18 Å². The minimum atomic E-state index is -4.52. The first-order valence-electron chi connectivity index (χ1n) is 10.9. The van der Waals surface area contributed by atoms with E-state index in [9.17, 15) is 13.2 Å². The summed E-state index contributed by atoms with van der Waals surface area (Å²) in [7, 11) is 0. The SMILES string of the molecule is [C-]#[N+]C1=C(C)N(c2cccc(C(F)(F)F)c2)c2nc(NCC(C)C)nn2[C@@H]1c1ccc(C#N)cc1. The van der Waals surface area contributed by atoms with Crippen LogP contribution in [0, 0.1) is 23.8 Å². The highest BCUT2D eigenvalue weighted by molar-refractivity contribution is 5.68. The number of nitrogens with zero attached hydrogens (tertiary/aromatic N) is 6. The van der Waals surface area contributed by atoms with Gasteiger partial charge in [-0.15, -0.1) is 5.10 Å². The average molecular weight is 477 g/mol. The number of nitriles is 1. The molecule has 0 saturated carbocycles. The van der Waals surface area contributed by atoms with Gasteiger partial charge in [0.1, 0.15) is 6.04 Å². The molecule has 1 atom stereocenters. The topological polar surface area (TPSA) is 74.1 Å². The molecule has 0 saturated heterocycles. The number of fused-ring (bicyclic) bond motifs is 1. The Morgan fingerprint density at radius 3 is 2.51 bits per heavy atom. The number of hydrogen-bond donors (Lipinski definition) is 1. The van der Waals surface area contributed by atoms with Crippen LogP contribution in [0.25, 0.3) is 4.85 Å². The quantitative estimate of drug-likeness (QED) is 0.448. The van der Waals surface area contributed by atoms with Crippen molar-refractivity contribution in [2.75, 3.05) is 16.8 Å². The first-order chi connectivity index (χ1) is 16.6. The second-order valence-electron chi connectivity index (χ2n) is 8.56. The van der Waals surface area contributed by atoms with Crippen LogP contribution in [-0.2, 0) is 6.18 Å². The van der Waals surface area contributed by atoms with Gasteiger partial charge in [0.25, 0.3) is 0 Å². The van der Waals surface area contributed by atoms with Gasteiger partial charge in [0, 0.05) is 17.9 Å². The number of nitrogens with one attached hydrogen (secondary N) is 1. The first kappa shape index (κ1) is 23.8. The van der Waals surface area contributed by atoms with E-state index in [1.54, 1.807) is 41.9 Å². The fraction of sp³-hybridized carbons (Fsp3) is 0.280. The molecule has 1 N–H and O–H groups in total. The zero-order chi connectivity index (χ0) is 25.3. The predicted octanol–water partition coefficient (Wildman–Crippen LogP) is 6.13. The molecule has 35 heavy (non-hydrogen) atoms. The molecule has 1 aromatic heterocycles. The van der Waals surface area contributed by atoms with Gasteiger partial charge in [-0.3, -0.25) is 4.90 Å². The summed E-state index contributed by atoms with van der Waals surface area (Å²) < 4.78 is 41.9. The third-order valence-corrected chi connectivity index (χ3v) is 5.60. The maximum absolute atomic E-state index is 13.5. The lowest BCUT2D eigenvalue weighted by atomic mass is 9.99. The molecule has 10 heteroatoms. The Balaban J connectivity index is 1.91. The smallest absolute Gasteiger partial charge is 0.353 e. The maximum Gasteiger partial charge on any atom is 0.416 e. The molecule has 2 aromatic carbocycles. The van der Waals surface area contributed by atoms with Crippen LogP contribution in [0.15, 0.2) is 59.9 Å². The number of rotatable bonds is 5. The minimum absolute atomic E-state index is 0.223. The van der Waals surface area contributed by atoms with Crippen molar-refractivity contribution in [3.05, 3.63) is 88.0 Å². The van der Waals surface area contributed by atoms with Crippen LogP contribution in [0.4, 0.5) is 30.8 Å². The van der Waals surface area contributed by atoms with Gasteiger partial charge in [-0.2, -0.15) is 23.4 Å². The third kappa shape index (κ3) is 4.56. The fourth-order valence-corrected chi connectivity index (χ4v) is 3.90. The predicted molar refractivity (Wildman–Crippen MR) is 126 cm³/mol. The second kappa shape index (κ2) is 9.15. The first-order valence-corrected chi connectivity index (χ1v) is 10.9. The van der Waals surface area contributed by atoms with Crippen molar-refractivity contribution in [2.24, 2.45) is 5.92 Å². The normalized spacial score (nSPS) is 15.6. The third-order valence-electron chi connectivity index (χ3n) is 5.60. The molecule has 0 aliphatic carbocycles. The number of alkyl halides is 3. The Morgan fingerprint density at radius 1 is 1.20 bits per heavy atom. The number of hydrogen-bond acceptors (Lipinski definition) is 5. The molecule has 0 spiro atoms. The number of anilines is 3. The molecule has 0 bridgehead atoms. The average Bonchev–Trinajstić information content (AvgIpc) is 3.25. The summed E-state index contributed by atoms with van der Waals surface area (Å²) in [4.78, 5) is 9.87. The van der Waals surface area contributed by atoms with E-state index in [0.717, 1.165) is 12.1 Å². The molecule has 1 aliphatic rings. The summed E-state index contributed by atoms with van der Waals surface area (Å²) >= 11 is 0. The molecule has 0 radical (unpaired) electrons. The minimum Gasteiger partial charge on any atom is -0.353 e. The van der Waals surface area contributed by atoms with Crippen LogP contribution >= 0.6 is 0 Å². The van der Waals surface area contributed by atoms with E-state index >= 15 is 0 Å². The van der Waals surface area contributed by atoms with Gasteiger partial charge in [0.15, 0.2) is 0 Å². The van der Waals surface area contributed by atoms with E-state index in [1.807, 2.05) is 13.8 Å². The zero-order valence-corrected chi connectivity index (χ0v) is 19.3. The van der Waals surface area contributed by atoms with E-state index in [-0.39, 0.29) is 11.6 Å². The van der Waals surface area contributed by atoms with Gasteiger partial charge in [-0.05, 0) is 48.7 Å².